The molecule has 4 rings (SSSR count). The van der Waals surface area contributed by atoms with E-state index in [0.29, 0.717) is 31.5 Å². The first-order valence-corrected chi connectivity index (χ1v) is 11.6. The Bertz CT molecular complexity index is 1140. The molecule has 1 fully saturated rings. The first-order chi connectivity index (χ1) is 15.7. The summed E-state index contributed by atoms with van der Waals surface area (Å²) < 4.78 is 27.6. The second-order valence-corrected chi connectivity index (χ2v) is 9.61. The predicted molar refractivity (Wildman–Crippen MR) is 122 cm³/mol. The zero-order chi connectivity index (χ0) is 23.9. The normalized spacial score (nSPS) is 25.7. The lowest BCUT2D eigenvalue weighted by molar-refractivity contribution is -0.250. The van der Waals surface area contributed by atoms with Gasteiger partial charge in [-0.25, -0.2) is 4.39 Å². The molecule has 0 spiro atoms. The highest BCUT2D eigenvalue weighted by atomic mass is 35.5. The Labute approximate surface area is 199 Å². The van der Waals surface area contributed by atoms with Crippen LogP contribution in [-0.2, 0) is 4.74 Å². The summed E-state index contributed by atoms with van der Waals surface area (Å²) in [6.45, 7) is 3.17. The number of halogens is 2. The van der Waals surface area contributed by atoms with Crippen molar-refractivity contribution in [2.45, 2.75) is 60.4 Å². The Hall–Kier alpha value is -1.85. The maximum atomic E-state index is 14.8. The summed E-state index contributed by atoms with van der Waals surface area (Å²) in [5.74, 6) is -0.0347. The molecule has 1 saturated heterocycles. The minimum absolute atomic E-state index is 0.0850. The lowest BCUT2D eigenvalue weighted by atomic mass is 9.98. The van der Waals surface area contributed by atoms with E-state index in [9.17, 15) is 24.8 Å². The molecule has 7 nitrogen and oxygen atoms in total. The molecule has 0 aliphatic carbocycles. The van der Waals surface area contributed by atoms with E-state index in [1.54, 1.807) is 41.1 Å². The van der Waals surface area contributed by atoms with Crippen molar-refractivity contribution in [2.75, 3.05) is 6.61 Å². The number of rotatable bonds is 6. The highest BCUT2D eigenvalue weighted by Crippen LogP contribution is 2.42. The van der Waals surface area contributed by atoms with Gasteiger partial charge in [-0.1, -0.05) is 29.4 Å². The van der Waals surface area contributed by atoms with Crippen LogP contribution < -0.4 is 4.74 Å². The highest BCUT2D eigenvalue weighted by Gasteiger charge is 2.44. The van der Waals surface area contributed by atoms with Crippen LogP contribution in [0.15, 0.2) is 52.4 Å². The molecule has 33 heavy (non-hydrogen) atoms. The maximum absolute atomic E-state index is 14.8. The van der Waals surface area contributed by atoms with E-state index in [1.807, 2.05) is 13.8 Å². The molecule has 10 heteroatoms. The van der Waals surface area contributed by atoms with Crippen LogP contribution in [0.25, 0.3) is 10.9 Å². The van der Waals surface area contributed by atoms with E-state index < -0.39 is 43.1 Å². The second-order valence-electron chi connectivity index (χ2n) is 8.11. The van der Waals surface area contributed by atoms with Gasteiger partial charge in [0, 0.05) is 27.4 Å². The van der Waals surface area contributed by atoms with Crippen LogP contribution in [-0.4, -0.2) is 62.1 Å². The molecule has 2 aromatic carbocycles. The van der Waals surface area contributed by atoms with E-state index >= 15 is 0 Å². The summed E-state index contributed by atoms with van der Waals surface area (Å²) >= 11 is 7.62. The molecule has 178 valence electrons. The van der Waals surface area contributed by atoms with Crippen molar-refractivity contribution < 1.29 is 34.3 Å². The van der Waals surface area contributed by atoms with Crippen LogP contribution in [0.5, 0.6) is 5.75 Å². The van der Waals surface area contributed by atoms with Crippen molar-refractivity contribution in [3.63, 3.8) is 0 Å². The summed E-state index contributed by atoms with van der Waals surface area (Å²) in [4.78, 5) is 0.947. The third-order valence-corrected chi connectivity index (χ3v) is 6.80. The molecule has 4 N–H and O–H groups in total. The SMILES string of the molecule is CC(C)Oc1ccc(Sc2cn([C@@H]3O[C@H](CO)[C@@H](O)[C@H](O)[C@H]3O)c3cccc(Cl)c23)c(F)c1. The van der Waals surface area contributed by atoms with Crippen molar-refractivity contribution >= 4 is 34.3 Å². The summed E-state index contributed by atoms with van der Waals surface area (Å²) in [6, 6.07) is 9.79. The number of benzene rings is 2. The molecule has 0 radical (unpaired) electrons. The largest absolute Gasteiger partial charge is 0.491 e. The Morgan fingerprint density at radius 3 is 2.55 bits per heavy atom. The van der Waals surface area contributed by atoms with Crippen molar-refractivity contribution in [3.05, 3.63) is 53.4 Å². The number of ether oxygens (including phenoxy) is 2. The monoisotopic (exact) mass is 497 g/mol. The van der Waals surface area contributed by atoms with Crippen molar-refractivity contribution in [3.8, 4) is 5.75 Å². The van der Waals surface area contributed by atoms with Crippen LogP contribution >= 0.6 is 23.4 Å². The number of hydrogen-bond acceptors (Lipinski definition) is 7. The van der Waals surface area contributed by atoms with E-state index in [1.165, 1.54) is 6.07 Å². The molecular weight excluding hydrogens is 473 g/mol. The van der Waals surface area contributed by atoms with Gasteiger partial charge in [0.15, 0.2) is 6.23 Å². The number of aliphatic hydroxyl groups excluding tert-OH is 4. The number of aromatic nitrogens is 1. The molecule has 1 aliphatic rings. The Morgan fingerprint density at radius 2 is 1.88 bits per heavy atom. The van der Waals surface area contributed by atoms with Crippen LogP contribution in [0, 0.1) is 5.82 Å². The smallest absolute Gasteiger partial charge is 0.163 e. The molecular formula is C23H25ClFNO6S. The van der Waals surface area contributed by atoms with Crippen LogP contribution in [0.2, 0.25) is 5.02 Å². The quantitative estimate of drug-likeness (QED) is 0.414. The standard InChI is InChI=1S/C23H25ClFNO6S/c1-11(2)31-12-6-7-17(14(25)8-12)33-18-9-26(15-5-3-4-13(24)19(15)18)23-22(30)21(29)20(28)16(10-27)32-23/h3-9,11,16,20-23,27-30H,10H2,1-2H3/t16-,20-,21+,22-,23-/m1/s1. The molecule has 0 unspecified atom stereocenters. The summed E-state index contributed by atoms with van der Waals surface area (Å²) in [5.41, 5.74) is 0.578. The van der Waals surface area contributed by atoms with Crippen molar-refractivity contribution in [1.82, 2.24) is 4.57 Å². The molecule has 1 aliphatic heterocycles. The zero-order valence-corrected chi connectivity index (χ0v) is 19.5. The van der Waals surface area contributed by atoms with E-state index in [2.05, 4.69) is 0 Å². The molecule has 3 aromatic rings. The average Bonchev–Trinajstić information content (AvgIpc) is 3.13. The van der Waals surface area contributed by atoms with Gasteiger partial charge in [-0.15, -0.1) is 0 Å². The highest BCUT2D eigenvalue weighted by molar-refractivity contribution is 7.99. The van der Waals surface area contributed by atoms with Crippen molar-refractivity contribution in [1.29, 1.82) is 0 Å². The molecule has 0 saturated carbocycles. The average molecular weight is 498 g/mol. The van der Waals surface area contributed by atoms with E-state index in [0.717, 1.165) is 11.8 Å². The van der Waals surface area contributed by atoms with Gasteiger partial charge in [0.25, 0.3) is 0 Å². The van der Waals surface area contributed by atoms with Gasteiger partial charge in [-0.2, -0.15) is 0 Å². The van der Waals surface area contributed by atoms with Gasteiger partial charge in [-0.3, -0.25) is 0 Å². The maximum Gasteiger partial charge on any atom is 0.163 e. The molecule has 0 amide bonds. The molecule has 5 atom stereocenters. The lowest BCUT2D eigenvalue weighted by Crippen LogP contribution is -2.56. The second kappa shape index (κ2) is 9.79. The third-order valence-electron chi connectivity index (χ3n) is 5.41. The fourth-order valence-corrected chi connectivity index (χ4v) is 5.20. The number of fused-ring (bicyclic) bond motifs is 1. The van der Waals surface area contributed by atoms with Gasteiger partial charge in [0.2, 0.25) is 0 Å². The molecule has 2 heterocycles. The first kappa shape index (κ1) is 24.3. The Balaban J connectivity index is 1.74. The minimum Gasteiger partial charge on any atom is -0.491 e. The van der Waals surface area contributed by atoms with Crippen molar-refractivity contribution in [2.24, 2.45) is 0 Å². The summed E-state index contributed by atoms with van der Waals surface area (Å²) in [5, 5.41) is 41.5. The van der Waals surface area contributed by atoms with Crippen LogP contribution in [0.3, 0.4) is 0 Å². The fraction of sp³-hybridized carbons (Fsp3) is 0.391. The van der Waals surface area contributed by atoms with Crippen LogP contribution in [0.4, 0.5) is 4.39 Å². The summed E-state index contributed by atoms with van der Waals surface area (Å²) in [6.07, 6.45) is -5.08. The molecule has 0 bridgehead atoms. The van der Waals surface area contributed by atoms with Gasteiger partial charge in [0.1, 0.15) is 36.0 Å². The van der Waals surface area contributed by atoms with Gasteiger partial charge in [-0.05, 0) is 38.1 Å². The lowest BCUT2D eigenvalue weighted by Gasteiger charge is -2.40. The van der Waals surface area contributed by atoms with Crippen LogP contribution in [0.1, 0.15) is 20.1 Å². The van der Waals surface area contributed by atoms with Gasteiger partial charge in [0.05, 0.1) is 23.3 Å². The molecule has 1 aromatic heterocycles. The van der Waals surface area contributed by atoms with E-state index in [-0.39, 0.29) is 6.10 Å². The first-order valence-electron chi connectivity index (χ1n) is 10.4. The number of aliphatic hydroxyl groups is 4. The number of hydrogen-bond donors (Lipinski definition) is 4. The minimum atomic E-state index is -1.53. The zero-order valence-electron chi connectivity index (χ0n) is 17.9. The Kier molecular flexibility index (Phi) is 7.20. The van der Waals surface area contributed by atoms with Gasteiger partial charge < -0.3 is 34.5 Å². The summed E-state index contributed by atoms with van der Waals surface area (Å²) in [7, 11) is 0. The topological polar surface area (TPSA) is 104 Å². The fourth-order valence-electron chi connectivity index (χ4n) is 3.86. The Morgan fingerprint density at radius 1 is 1.12 bits per heavy atom. The van der Waals surface area contributed by atoms with E-state index in [4.69, 9.17) is 21.1 Å². The predicted octanol–water partition coefficient (Wildman–Crippen LogP) is 3.34. The number of nitrogens with zero attached hydrogens (tertiary/aromatic N) is 1. The van der Waals surface area contributed by atoms with Gasteiger partial charge >= 0.3 is 0 Å². The third kappa shape index (κ3) is 4.72.